The Labute approximate surface area is 243 Å². The van der Waals surface area contributed by atoms with E-state index < -0.39 is 0 Å². The second-order valence-electron chi connectivity index (χ2n) is 11.8. The summed E-state index contributed by atoms with van der Waals surface area (Å²) in [5.41, 5.74) is 0. The van der Waals surface area contributed by atoms with Gasteiger partial charge in [0.2, 0.25) is 5.91 Å². The number of carbonyl (C=O) groups is 3. The summed E-state index contributed by atoms with van der Waals surface area (Å²) in [6.45, 7) is 5.53. The van der Waals surface area contributed by atoms with Crippen LogP contribution in [0.5, 0.6) is 0 Å². The second kappa shape index (κ2) is 14.7. The highest BCUT2D eigenvalue weighted by molar-refractivity contribution is 8.07. The Kier molecular flexibility index (Phi) is 10.8. The van der Waals surface area contributed by atoms with Crippen LogP contribution in [0.2, 0.25) is 0 Å². The van der Waals surface area contributed by atoms with Crippen molar-refractivity contribution >= 4 is 29.6 Å². The maximum Gasteiger partial charge on any atom is 0.322 e. The molecule has 10 heteroatoms. The fourth-order valence-corrected chi connectivity index (χ4v) is 7.72. The highest BCUT2D eigenvalue weighted by Gasteiger charge is 2.34. The Balaban J connectivity index is 1.14. The van der Waals surface area contributed by atoms with Crippen molar-refractivity contribution in [2.75, 3.05) is 59.0 Å². The Morgan fingerprint density at radius 3 is 2.02 bits per heavy atom. The molecule has 2 saturated heterocycles. The number of allylic oxidation sites excluding steroid dienone is 2. The van der Waals surface area contributed by atoms with Crippen LogP contribution < -0.4 is 5.32 Å². The number of carbonyl (C=O) groups excluding carboxylic acids is 3. The number of amides is 4. The van der Waals surface area contributed by atoms with Crippen molar-refractivity contribution in [3.8, 4) is 0 Å². The van der Waals surface area contributed by atoms with E-state index in [9.17, 15) is 14.4 Å². The van der Waals surface area contributed by atoms with Gasteiger partial charge in [-0.3, -0.25) is 14.5 Å². The first-order chi connectivity index (χ1) is 19.6. The highest BCUT2D eigenvalue weighted by atomic mass is 32.2. The van der Waals surface area contributed by atoms with Crippen LogP contribution in [0.4, 0.5) is 4.79 Å². The molecule has 5 aliphatic rings. The van der Waals surface area contributed by atoms with Crippen molar-refractivity contribution in [2.24, 2.45) is 0 Å². The van der Waals surface area contributed by atoms with Gasteiger partial charge in [-0.05, 0) is 38.5 Å². The molecule has 2 aliphatic carbocycles. The summed E-state index contributed by atoms with van der Waals surface area (Å²) in [4.78, 5) is 48.7. The Hall–Kier alpha value is -2.04. The summed E-state index contributed by atoms with van der Waals surface area (Å²) in [7, 11) is 0. The van der Waals surface area contributed by atoms with E-state index in [0.717, 1.165) is 43.6 Å². The lowest BCUT2D eigenvalue weighted by molar-refractivity contribution is -0.137. The van der Waals surface area contributed by atoms with Crippen LogP contribution >= 0.6 is 11.8 Å². The first-order valence-corrected chi connectivity index (χ1v) is 16.4. The summed E-state index contributed by atoms with van der Waals surface area (Å²) in [6, 6.07) is 0.678. The van der Waals surface area contributed by atoms with Gasteiger partial charge >= 0.3 is 6.03 Å². The summed E-state index contributed by atoms with van der Waals surface area (Å²) >= 11 is 1.41. The van der Waals surface area contributed by atoms with Gasteiger partial charge in [-0.25, -0.2) is 4.79 Å². The molecule has 0 aromatic rings. The number of hydrogen-bond donors (Lipinski definition) is 1. The molecule has 222 valence electrons. The predicted molar refractivity (Wildman–Crippen MR) is 158 cm³/mol. The first-order valence-electron chi connectivity index (χ1n) is 15.6. The van der Waals surface area contributed by atoms with Crippen molar-refractivity contribution in [3.63, 3.8) is 0 Å². The van der Waals surface area contributed by atoms with Gasteiger partial charge < -0.3 is 24.8 Å². The highest BCUT2D eigenvalue weighted by Crippen LogP contribution is 2.33. The van der Waals surface area contributed by atoms with Crippen molar-refractivity contribution in [1.29, 1.82) is 0 Å². The normalized spacial score (nSPS) is 24.1. The summed E-state index contributed by atoms with van der Waals surface area (Å²) in [5, 5.41) is 4.03. The quantitative estimate of drug-likeness (QED) is 0.519. The largest absolute Gasteiger partial charge is 0.378 e. The molecule has 0 aromatic heterocycles. The van der Waals surface area contributed by atoms with E-state index >= 15 is 0 Å². The van der Waals surface area contributed by atoms with E-state index in [1.165, 1.54) is 50.3 Å². The molecule has 5 rings (SSSR count). The Morgan fingerprint density at radius 2 is 1.40 bits per heavy atom. The molecule has 40 heavy (non-hydrogen) atoms. The van der Waals surface area contributed by atoms with Crippen LogP contribution in [0.15, 0.2) is 22.1 Å². The zero-order valence-corrected chi connectivity index (χ0v) is 24.8. The van der Waals surface area contributed by atoms with E-state index in [1.807, 2.05) is 15.9 Å². The third-order valence-electron chi connectivity index (χ3n) is 9.04. The van der Waals surface area contributed by atoms with Crippen LogP contribution in [0.1, 0.15) is 77.0 Å². The topological polar surface area (TPSA) is 85.4 Å². The van der Waals surface area contributed by atoms with Gasteiger partial charge in [0.25, 0.3) is 5.91 Å². The summed E-state index contributed by atoms with van der Waals surface area (Å²) in [5.74, 6) is 0.175. The minimum absolute atomic E-state index is 0.0183. The SMILES string of the molecule is O=C(CN1CCN(C(=O)C2=CCCC=C(NC(=O)N(C3CCCCC3)C3CCCCC3)S2)CC1)N1CCOCC1. The lowest BCUT2D eigenvalue weighted by Gasteiger charge is -2.41. The van der Waals surface area contributed by atoms with Gasteiger partial charge in [0, 0.05) is 51.4 Å². The Morgan fingerprint density at radius 1 is 0.800 bits per heavy atom. The van der Waals surface area contributed by atoms with Gasteiger partial charge in [-0.15, -0.1) is 0 Å². The maximum atomic E-state index is 13.7. The van der Waals surface area contributed by atoms with Crippen molar-refractivity contribution in [3.05, 3.63) is 22.1 Å². The van der Waals surface area contributed by atoms with Crippen LogP contribution in [0, 0.1) is 0 Å². The van der Waals surface area contributed by atoms with E-state index in [-0.39, 0.29) is 17.8 Å². The number of piperazine rings is 1. The molecule has 4 amide bonds. The van der Waals surface area contributed by atoms with Gasteiger partial charge in [0.1, 0.15) is 0 Å². The first kappa shape index (κ1) is 29.5. The van der Waals surface area contributed by atoms with E-state index in [4.69, 9.17) is 4.74 Å². The van der Waals surface area contributed by atoms with Gasteiger partial charge in [0.15, 0.2) is 0 Å². The molecule has 0 spiro atoms. The van der Waals surface area contributed by atoms with Gasteiger partial charge in [-0.2, -0.15) is 0 Å². The monoisotopic (exact) mass is 573 g/mol. The average molecular weight is 574 g/mol. The zero-order valence-electron chi connectivity index (χ0n) is 24.0. The minimum atomic E-state index is 0.0183. The summed E-state index contributed by atoms with van der Waals surface area (Å²) in [6.07, 6.45) is 17.5. The van der Waals surface area contributed by atoms with Crippen LogP contribution in [0.25, 0.3) is 0 Å². The number of ether oxygens (including phenoxy) is 1. The molecule has 3 heterocycles. The van der Waals surface area contributed by atoms with Crippen molar-refractivity contribution in [2.45, 2.75) is 89.1 Å². The van der Waals surface area contributed by atoms with Gasteiger partial charge in [-0.1, -0.05) is 62.4 Å². The lowest BCUT2D eigenvalue weighted by Crippen LogP contribution is -2.53. The molecule has 9 nitrogen and oxygen atoms in total. The molecule has 4 fully saturated rings. The Bertz CT molecular complexity index is 928. The van der Waals surface area contributed by atoms with Crippen LogP contribution in [-0.4, -0.2) is 109 Å². The number of nitrogens with zero attached hydrogens (tertiary/aromatic N) is 4. The van der Waals surface area contributed by atoms with Gasteiger partial charge in [0.05, 0.1) is 29.7 Å². The second-order valence-corrected chi connectivity index (χ2v) is 12.9. The molecule has 0 unspecified atom stereocenters. The van der Waals surface area contributed by atoms with E-state index in [0.29, 0.717) is 76.0 Å². The fourth-order valence-electron chi connectivity index (χ4n) is 6.73. The number of urea groups is 1. The number of hydrogen-bond acceptors (Lipinski definition) is 6. The third-order valence-corrected chi connectivity index (χ3v) is 10.1. The van der Waals surface area contributed by atoms with E-state index in [2.05, 4.69) is 21.2 Å². The molecule has 0 bridgehead atoms. The van der Waals surface area contributed by atoms with Crippen molar-refractivity contribution < 1.29 is 19.1 Å². The molecule has 0 atom stereocenters. The molecular formula is C30H47N5O4S. The van der Waals surface area contributed by atoms with Crippen LogP contribution in [0.3, 0.4) is 0 Å². The molecule has 3 aliphatic heterocycles. The lowest BCUT2D eigenvalue weighted by atomic mass is 9.89. The molecule has 0 radical (unpaired) electrons. The van der Waals surface area contributed by atoms with Crippen LogP contribution in [-0.2, 0) is 14.3 Å². The molecule has 1 N–H and O–H groups in total. The molecular weight excluding hydrogens is 526 g/mol. The van der Waals surface area contributed by atoms with E-state index in [1.54, 1.807) is 0 Å². The third kappa shape index (κ3) is 7.82. The number of nitrogens with one attached hydrogen (secondary N) is 1. The number of morpholine rings is 1. The predicted octanol–water partition coefficient (Wildman–Crippen LogP) is 3.92. The number of rotatable bonds is 6. The maximum absolute atomic E-state index is 13.7. The standard InChI is InChI=1S/C30H47N5O4S/c36-28(33-19-21-39-22-20-33)23-32-15-17-34(18-16-32)29(37)26-13-7-8-14-27(40-26)31-30(38)35(24-9-3-1-4-10-24)25-11-5-2-6-12-25/h13-14,24-25H,1-12,15-23H2,(H,31,38). The molecule has 2 saturated carbocycles. The smallest absolute Gasteiger partial charge is 0.322 e. The average Bonchev–Trinajstić information content (AvgIpc) is 3.24. The fraction of sp³-hybridized carbons (Fsp3) is 0.767. The summed E-state index contributed by atoms with van der Waals surface area (Å²) < 4.78 is 5.35. The zero-order chi connectivity index (χ0) is 27.7. The number of thioether (sulfide) groups is 1. The molecule has 0 aromatic carbocycles. The van der Waals surface area contributed by atoms with Crippen molar-refractivity contribution in [1.82, 2.24) is 24.9 Å². The minimum Gasteiger partial charge on any atom is -0.378 e.